The first-order chi connectivity index (χ1) is 12.9. The smallest absolute Gasteiger partial charge is 0.244 e. The maximum absolute atomic E-state index is 12.8. The van der Waals surface area contributed by atoms with E-state index in [1.165, 1.54) is 10.4 Å². The molecule has 1 amide bonds. The highest BCUT2D eigenvalue weighted by molar-refractivity contribution is 7.89. The average molecular weight is 411 g/mol. The van der Waals surface area contributed by atoms with Crippen molar-refractivity contribution in [3.05, 3.63) is 29.3 Å². The van der Waals surface area contributed by atoms with Crippen molar-refractivity contribution < 1.29 is 13.2 Å². The summed E-state index contributed by atoms with van der Waals surface area (Å²) in [5.41, 5.74) is -0.730. The molecule has 1 aliphatic carbocycles. The SMILES string of the molecule is N#CC1(NC(=O)CN2CCN(S(=O)(=O)c3ccccc3Cl)CC2)CCCC1. The van der Waals surface area contributed by atoms with Gasteiger partial charge in [-0.25, -0.2) is 8.42 Å². The topological polar surface area (TPSA) is 93.5 Å². The zero-order valence-electron chi connectivity index (χ0n) is 15.0. The molecule has 1 aromatic rings. The average Bonchev–Trinajstić information content (AvgIpc) is 3.11. The summed E-state index contributed by atoms with van der Waals surface area (Å²) in [7, 11) is -3.65. The van der Waals surface area contributed by atoms with Crippen LogP contribution in [0.3, 0.4) is 0 Å². The molecule has 7 nitrogen and oxygen atoms in total. The number of piperazine rings is 1. The number of hydrogen-bond acceptors (Lipinski definition) is 5. The van der Waals surface area contributed by atoms with Gasteiger partial charge in [-0.15, -0.1) is 0 Å². The Morgan fingerprint density at radius 2 is 1.81 bits per heavy atom. The molecule has 0 radical (unpaired) electrons. The second-order valence-corrected chi connectivity index (χ2v) is 9.37. The number of nitrogens with zero attached hydrogens (tertiary/aromatic N) is 3. The fraction of sp³-hybridized carbons (Fsp3) is 0.556. The summed E-state index contributed by atoms with van der Waals surface area (Å²) in [6.45, 7) is 1.67. The van der Waals surface area contributed by atoms with E-state index in [9.17, 15) is 18.5 Å². The number of hydrogen-bond donors (Lipinski definition) is 1. The van der Waals surface area contributed by atoms with E-state index in [2.05, 4.69) is 11.4 Å². The second-order valence-electron chi connectivity index (χ2n) is 7.06. The van der Waals surface area contributed by atoms with Crippen molar-refractivity contribution in [2.45, 2.75) is 36.1 Å². The maximum atomic E-state index is 12.8. The van der Waals surface area contributed by atoms with Crippen LogP contribution in [0.2, 0.25) is 5.02 Å². The summed E-state index contributed by atoms with van der Waals surface area (Å²) in [5, 5.41) is 12.4. The molecular formula is C18H23ClN4O3S. The van der Waals surface area contributed by atoms with Crippen molar-refractivity contribution in [3.8, 4) is 6.07 Å². The predicted octanol–water partition coefficient (Wildman–Crippen LogP) is 1.60. The van der Waals surface area contributed by atoms with Gasteiger partial charge in [0.05, 0.1) is 17.6 Å². The van der Waals surface area contributed by atoms with Crippen LogP contribution in [0.1, 0.15) is 25.7 Å². The van der Waals surface area contributed by atoms with Gasteiger partial charge < -0.3 is 5.32 Å². The van der Waals surface area contributed by atoms with E-state index >= 15 is 0 Å². The van der Waals surface area contributed by atoms with Crippen LogP contribution in [-0.2, 0) is 14.8 Å². The minimum Gasteiger partial charge on any atom is -0.337 e. The fourth-order valence-corrected chi connectivity index (χ4v) is 5.59. The molecule has 1 saturated heterocycles. The van der Waals surface area contributed by atoms with Crippen molar-refractivity contribution in [1.29, 1.82) is 5.26 Å². The zero-order chi connectivity index (χ0) is 19.5. The van der Waals surface area contributed by atoms with Gasteiger partial charge in [-0.3, -0.25) is 9.69 Å². The van der Waals surface area contributed by atoms with E-state index in [-0.39, 0.29) is 22.4 Å². The molecule has 0 spiro atoms. The molecule has 0 atom stereocenters. The summed E-state index contributed by atoms with van der Waals surface area (Å²) < 4.78 is 26.9. The summed E-state index contributed by atoms with van der Waals surface area (Å²) in [4.78, 5) is 14.3. The molecule has 2 fully saturated rings. The van der Waals surface area contributed by atoms with Gasteiger partial charge in [-0.1, -0.05) is 23.7 Å². The lowest BCUT2D eigenvalue weighted by atomic mass is 10.00. The molecule has 1 aliphatic heterocycles. The third-order valence-corrected chi connectivity index (χ3v) is 7.60. The van der Waals surface area contributed by atoms with Crippen molar-refractivity contribution >= 4 is 27.5 Å². The van der Waals surface area contributed by atoms with Crippen molar-refractivity contribution in [2.75, 3.05) is 32.7 Å². The van der Waals surface area contributed by atoms with Crippen LogP contribution in [-0.4, -0.2) is 61.8 Å². The molecule has 3 rings (SSSR count). The van der Waals surface area contributed by atoms with E-state index in [4.69, 9.17) is 11.6 Å². The molecule has 0 aromatic heterocycles. The molecule has 1 aromatic carbocycles. The molecule has 9 heteroatoms. The Hall–Kier alpha value is -1.66. The largest absolute Gasteiger partial charge is 0.337 e. The number of carbonyl (C=O) groups excluding carboxylic acids is 1. The van der Waals surface area contributed by atoms with E-state index in [1.54, 1.807) is 18.2 Å². The van der Waals surface area contributed by atoms with Gasteiger partial charge >= 0.3 is 0 Å². The number of halogens is 1. The molecule has 27 heavy (non-hydrogen) atoms. The number of carbonyl (C=O) groups is 1. The van der Waals surface area contributed by atoms with E-state index in [0.717, 1.165) is 12.8 Å². The lowest BCUT2D eigenvalue weighted by Crippen LogP contribution is -2.53. The van der Waals surface area contributed by atoms with Crippen molar-refractivity contribution in [1.82, 2.24) is 14.5 Å². The second kappa shape index (κ2) is 8.15. The van der Waals surface area contributed by atoms with Crippen LogP contribution in [0.25, 0.3) is 0 Å². The van der Waals surface area contributed by atoms with Crippen LogP contribution in [0.5, 0.6) is 0 Å². The monoisotopic (exact) mass is 410 g/mol. The Balaban J connectivity index is 1.55. The molecule has 2 aliphatic rings. The Bertz CT molecular complexity index is 838. The van der Waals surface area contributed by atoms with Gasteiger partial charge in [0.25, 0.3) is 0 Å². The summed E-state index contributed by atoms with van der Waals surface area (Å²) >= 11 is 6.04. The molecule has 0 unspecified atom stereocenters. The first kappa shape index (κ1) is 20.1. The molecule has 1 saturated carbocycles. The highest BCUT2D eigenvalue weighted by atomic mass is 35.5. The molecule has 146 valence electrons. The standard InChI is InChI=1S/C18H23ClN4O3S/c19-15-5-1-2-6-16(15)27(25,26)23-11-9-22(10-12-23)13-17(24)21-18(14-20)7-3-4-8-18/h1-2,5-6H,3-4,7-13H2,(H,21,24). The molecule has 1 heterocycles. The van der Waals surface area contributed by atoms with Gasteiger partial charge in [0.15, 0.2) is 0 Å². The van der Waals surface area contributed by atoms with E-state index in [1.807, 2.05) is 4.90 Å². The quantitative estimate of drug-likeness (QED) is 0.795. The predicted molar refractivity (Wildman–Crippen MR) is 102 cm³/mol. The molecule has 1 N–H and O–H groups in total. The minimum atomic E-state index is -3.65. The van der Waals surface area contributed by atoms with Crippen LogP contribution in [0.4, 0.5) is 0 Å². The molecular weight excluding hydrogens is 388 g/mol. The van der Waals surface area contributed by atoms with Crippen LogP contribution in [0.15, 0.2) is 29.2 Å². The van der Waals surface area contributed by atoms with Crippen LogP contribution in [0, 0.1) is 11.3 Å². The lowest BCUT2D eigenvalue weighted by Gasteiger charge is -2.34. The number of amides is 1. The van der Waals surface area contributed by atoms with E-state index in [0.29, 0.717) is 39.0 Å². The first-order valence-corrected chi connectivity index (χ1v) is 10.9. The Kier molecular flexibility index (Phi) is 6.06. The fourth-order valence-electron chi connectivity index (χ4n) is 3.67. The van der Waals surface area contributed by atoms with Crippen molar-refractivity contribution in [3.63, 3.8) is 0 Å². The van der Waals surface area contributed by atoms with Gasteiger partial charge in [0, 0.05) is 26.2 Å². The van der Waals surface area contributed by atoms with E-state index < -0.39 is 15.6 Å². The Morgan fingerprint density at radius 3 is 2.41 bits per heavy atom. The maximum Gasteiger partial charge on any atom is 0.244 e. The third kappa shape index (κ3) is 4.43. The number of rotatable bonds is 5. The summed E-state index contributed by atoms with van der Waals surface area (Å²) in [6.07, 6.45) is 3.29. The van der Waals surface area contributed by atoms with Gasteiger partial charge in [-0.05, 0) is 37.8 Å². The van der Waals surface area contributed by atoms with Gasteiger partial charge in [0.1, 0.15) is 10.4 Å². The zero-order valence-corrected chi connectivity index (χ0v) is 16.6. The van der Waals surface area contributed by atoms with Crippen molar-refractivity contribution in [2.24, 2.45) is 0 Å². The highest BCUT2D eigenvalue weighted by Crippen LogP contribution is 2.29. The molecule has 0 bridgehead atoms. The number of benzene rings is 1. The number of nitrogens with one attached hydrogen (secondary N) is 1. The summed E-state index contributed by atoms with van der Waals surface area (Å²) in [5.74, 6) is -0.180. The third-order valence-electron chi connectivity index (χ3n) is 5.20. The minimum absolute atomic E-state index is 0.107. The normalized spacial score (nSPS) is 20.9. The Labute approximate surface area is 164 Å². The first-order valence-electron chi connectivity index (χ1n) is 9.06. The summed E-state index contributed by atoms with van der Waals surface area (Å²) in [6, 6.07) is 8.64. The Morgan fingerprint density at radius 1 is 1.19 bits per heavy atom. The van der Waals surface area contributed by atoms with Crippen LogP contribution < -0.4 is 5.32 Å². The number of sulfonamides is 1. The lowest BCUT2D eigenvalue weighted by molar-refractivity contribution is -0.123. The van der Waals surface area contributed by atoms with Gasteiger partial charge in [-0.2, -0.15) is 9.57 Å². The van der Waals surface area contributed by atoms with Crippen LogP contribution >= 0.6 is 11.6 Å². The highest BCUT2D eigenvalue weighted by Gasteiger charge is 2.36. The number of nitriles is 1. The van der Waals surface area contributed by atoms with Gasteiger partial charge in [0.2, 0.25) is 15.9 Å².